The highest BCUT2D eigenvalue weighted by molar-refractivity contribution is 7.61. The minimum atomic E-state index is -5.11. The largest absolute Gasteiger partial charge is 0.484 e. The molecule has 0 radical (unpaired) electrons. The molecule has 0 heterocycles. The second-order valence-corrected chi connectivity index (χ2v) is 15.1. The molecule has 0 aromatic carbocycles. The fourth-order valence-corrected chi connectivity index (χ4v) is 5.99. The van der Waals surface area contributed by atoms with E-state index in [0.717, 1.165) is 51.4 Å². The highest BCUT2D eigenvalue weighted by Gasteiger charge is 2.35. The van der Waals surface area contributed by atoms with E-state index in [1.165, 1.54) is 33.4 Å². The first kappa shape index (κ1) is 44.7. The second-order valence-electron chi connectivity index (χ2n) is 12.1. The standard InChI is InChI=1S/C38H60O7P2/c1-33(2)21-17-25-37(7)29-19-27-35(5)23-13-9-11-15-31-43-47(42,45-46(39,40)41)44-32-16-12-10-14-24-36(6)28-20-30-38(8)26-18-22-34(3)4/h9-16,21-24,29-30H,17-20,25-28,31-32H2,1-8H3,(H2,39,40,41)/b13-9+,14-10+,15-11-,16-12-,35-23+,36-24+,37-29+,38-30+. The Hall–Kier alpha value is -2.34. The molecule has 0 bridgehead atoms. The van der Waals surface area contributed by atoms with Crippen LogP contribution in [-0.2, 0) is 22.5 Å². The number of phosphoric ester groups is 1. The minimum absolute atomic E-state index is 0.223. The summed E-state index contributed by atoms with van der Waals surface area (Å²) in [6.45, 7) is 16.5. The van der Waals surface area contributed by atoms with Crippen molar-refractivity contribution in [2.75, 3.05) is 13.2 Å². The summed E-state index contributed by atoms with van der Waals surface area (Å²) < 4.78 is 38.7. The quantitative estimate of drug-likeness (QED) is 0.0590. The Kier molecular flexibility index (Phi) is 25.3. The number of hydrogen-bond acceptors (Lipinski definition) is 5. The Balaban J connectivity index is 4.69. The van der Waals surface area contributed by atoms with Crippen LogP contribution in [-0.4, -0.2) is 23.0 Å². The van der Waals surface area contributed by atoms with Crippen molar-refractivity contribution < 1.29 is 32.3 Å². The molecule has 0 rings (SSSR count). The van der Waals surface area contributed by atoms with Gasteiger partial charge in [-0.05, 0) is 107 Å². The summed E-state index contributed by atoms with van der Waals surface area (Å²) in [5, 5.41) is 0. The van der Waals surface area contributed by atoms with Gasteiger partial charge in [-0.1, -0.05) is 119 Å². The molecule has 0 amide bonds. The lowest BCUT2D eigenvalue weighted by Gasteiger charge is -2.16. The van der Waals surface area contributed by atoms with Crippen LogP contribution in [0.3, 0.4) is 0 Å². The van der Waals surface area contributed by atoms with Crippen LogP contribution in [0.1, 0.15) is 107 Å². The molecule has 0 aromatic rings. The Bertz CT molecular complexity index is 1220. The predicted molar refractivity (Wildman–Crippen MR) is 200 cm³/mol. The van der Waals surface area contributed by atoms with E-state index in [0.29, 0.717) is 0 Å². The van der Waals surface area contributed by atoms with Crippen LogP contribution in [0.5, 0.6) is 0 Å². The molecule has 0 saturated carbocycles. The van der Waals surface area contributed by atoms with Crippen molar-refractivity contribution in [3.63, 3.8) is 0 Å². The average molecular weight is 691 g/mol. The first-order valence-corrected chi connectivity index (χ1v) is 19.3. The van der Waals surface area contributed by atoms with Crippen LogP contribution in [0.15, 0.2) is 119 Å². The summed E-state index contributed by atoms with van der Waals surface area (Å²) in [4.78, 5) is 18.4. The van der Waals surface area contributed by atoms with Gasteiger partial charge < -0.3 is 9.79 Å². The second kappa shape index (κ2) is 26.6. The van der Waals surface area contributed by atoms with E-state index in [-0.39, 0.29) is 13.2 Å². The summed E-state index contributed by atoms with van der Waals surface area (Å²) >= 11 is 0. The average Bonchev–Trinajstić information content (AvgIpc) is 2.95. The third-order valence-electron chi connectivity index (χ3n) is 6.59. The maximum atomic E-state index is 12.8. The van der Waals surface area contributed by atoms with Gasteiger partial charge in [-0.2, -0.15) is 4.31 Å². The van der Waals surface area contributed by atoms with Crippen molar-refractivity contribution in [1.29, 1.82) is 0 Å². The van der Waals surface area contributed by atoms with Crippen LogP contribution in [0.25, 0.3) is 0 Å². The van der Waals surface area contributed by atoms with Gasteiger partial charge >= 0.3 is 15.6 Å². The summed E-state index contributed by atoms with van der Waals surface area (Å²) in [6, 6.07) is 0. The molecule has 0 aliphatic heterocycles. The molecule has 2 N–H and O–H groups in total. The van der Waals surface area contributed by atoms with Crippen LogP contribution < -0.4 is 0 Å². The zero-order valence-electron chi connectivity index (χ0n) is 30.0. The van der Waals surface area contributed by atoms with Crippen molar-refractivity contribution >= 4 is 15.6 Å². The monoisotopic (exact) mass is 690 g/mol. The zero-order chi connectivity index (χ0) is 35.6. The topological polar surface area (TPSA) is 102 Å². The van der Waals surface area contributed by atoms with Crippen LogP contribution in [0.2, 0.25) is 0 Å². The smallest absolute Gasteiger partial charge is 0.302 e. The Labute approximate surface area is 285 Å². The van der Waals surface area contributed by atoms with Gasteiger partial charge in [0.1, 0.15) is 0 Å². The van der Waals surface area contributed by atoms with E-state index in [9.17, 15) is 18.9 Å². The summed E-state index contributed by atoms with van der Waals surface area (Å²) in [6.07, 6.45) is 35.2. The lowest BCUT2D eigenvalue weighted by Crippen LogP contribution is -1.99. The normalized spacial score (nSPS) is 15.4. The predicted octanol–water partition coefficient (Wildman–Crippen LogP) is 12.3. The van der Waals surface area contributed by atoms with Crippen molar-refractivity contribution in [1.82, 2.24) is 0 Å². The van der Waals surface area contributed by atoms with Gasteiger partial charge in [-0.25, -0.2) is 9.13 Å². The minimum Gasteiger partial charge on any atom is -0.302 e. The first-order chi connectivity index (χ1) is 22.1. The SMILES string of the molecule is CC(C)=CCC/C(C)=C/CC/C(C)=C/C=C/C=C\COP(=O)(OC\C=C/C=C/C=C(\C)CC/C=C(\C)CCC=C(C)C)OP(=O)(O)O. The fourth-order valence-electron chi connectivity index (χ4n) is 3.96. The molecule has 0 aliphatic rings. The Morgan fingerprint density at radius 3 is 1.23 bits per heavy atom. The first-order valence-electron chi connectivity index (χ1n) is 16.3. The molecule has 0 aliphatic carbocycles. The van der Waals surface area contributed by atoms with E-state index in [1.54, 1.807) is 36.5 Å². The fraction of sp³-hybridized carbons (Fsp3) is 0.474. The molecule has 7 nitrogen and oxygen atoms in total. The molecule has 0 saturated heterocycles. The van der Waals surface area contributed by atoms with Crippen LogP contribution in [0.4, 0.5) is 0 Å². The molecule has 264 valence electrons. The van der Waals surface area contributed by atoms with E-state index in [2.05, 4.69) is 84.0 Å². The summed E-state index contributed by atoms with van der Waals surface area (Å²) in [5.74, 6) is 0. The maximum absolute atomic E-state index is 12.8. The molecule has 0 aromatic heterocycles. The molecule has 0 atom stereocenters. The van der Waals surface area contributed by atoms with Gasteiger partial charge in [0.15, 0.2) is 0 Å². The highest BCUT2D eigenvalue weighted by atomic mass is 31.3. The lowest BCUT2D eigenvalue weighted by molar-refractivity contribution is 0.160. The number of rotatable bonds is 24. The number of hydrogen-bond donors (Lipinski definition) is 2. The molecule has 0 fully saturated rings. The van der Waals surface area contributed by atoms with Gasteiger partial charge in [0.25, 0.3) is 0 Å². The molecular formula is C38H60O7P2. The molecule has 47 heavy (non-hydrogen) atoms. The van der Waals surface area contributed by atoms with Gasteiger partial charge in [0, 0.05) is 0 Å². The molecular weight excluding hydrogens is 630 g/mol. The van der Waals surface area contributed by atoms with Crippen molar-refractivity contribution in [2.24, 2.45) is 0 Å². The van der Waals surface area contributed by atoms with Crippen molar-refractivity contribution in [3.05, 3.63) is 119 Å². The highest BCUT2D eigenvalue weighted by Crippen LogP contribution is 2.61. The van der Waals surface area contributed by atoms with Gasteiger partial charge in [0.05, 0.1) is 13.2 Å². The van der Waals surface area contributed by atoms with E-state index in [4.69, 9.17) is 9.05 Å². The third kappa shape index (κ3) is 30.7. The summed E-state index contributed by atoms with van der Waals surface area (Å²) in [5.41, 5.74) is 7.99. The van der Waals surface area contributed by atoms with Gasteiger partial charge in [-0.3, -0.25) is 9.05 Å². The van der Waals surface area contributed by atoms with Gasteiger partial charge in [-0.15, -0.1) is 0 Å². The maximum Gasteiger partial charge on any atom is 0.484 e. The molecule has 0 unspecified atom stereocenters. The van der Waals surface area contributed by atoms with E-state index < -0.39 is 15.6 Å². The molecule has 9 heteroatoms. The van der Waals surface area contributed by atoms with Crippen LogP contribution in [0, 0.1) is 0 Å². The van der Waals surface area contributed by atoms with Crippen molar-refractivity contribution in [2.45, 2.75) is 107 Å². The molecule has 0 spiro atoms. The van der Waals surface area contributed by atoms with Crippen molar-refractivity contribution in [3.8, 4) is 0 Å². The zero-order valence-corrected chi connectivity index (χ0v) is 31.8. The number of allylic oxidation sites excluding steroid dienone is 18. The lowest BCUT2D eigenvalue weighted by atomic mass is 10.1. The van der Waals surface area contributed by atoms with Crippen LogP contribution >= 0.6 is 15.6 Å². The number of phosphoric acid groups is 2. The van der Waals surface area contributed by atoms with E-state index >= 15 is 0 Å². The van der Waals surface area contributed by atoms with E-state index in [1.807, 2.05) is 24.3 Å². The summed E-state index contributed by atoms with van der Waals surface area (Å²) in [7, 11) is -9.62. The third-order valence-corrected chi connectivity index (χ3v) is 9.17. The Morgan fingerprint density at radius 1 is 0.511 bits per heavy atom. The van der Waals surface area contributed by atoms with Gasteiger partial charge in [0.2, 0.25) is 0 Å². The Morgan fingerprint density at radius 2 is 0.872 bits per heavy atom.